The molecule has 0 amide bonds. The molecule has 0 spiro atoms. The number of rotatable bonds is 74. The molecule has 0 aromatic heterocycles. The van der Waals surface area contributed by atoms with E-state index in [9.17, 15) is 43.2 Å². The number of aliphatic hydroxyl groups is 1. The van der Waals surface area contributed by atoms with Crippen LogP contribution >= 0.6 is 15.6 Å². The average molecular weight is 1370 g/mol. The Kier molecular flexibility index (Phi) is 65.9. The number of phosphoric ester groups is 2. The number of esters is 4. The Balaban J connectivity index is 5.20. The van der Waals surface area contributed by atoms with Gasteiger partial charge in [-0.1, -0.05) is 336 Å². The normalized spacial score (nSPS) is 14.0. The molecule has 0 aliphatic carbocycles. The highest BCUT2D eigenvalue weighted by molar-refractivity contribution is 7.47. The van der Waals surface area contributed by atoms with Gasteiger partial charge in [-0.05, 0) is 31.6 Å². The zero-order valence-electron chi connectivity index (χ0n) is 60.4. The number of phosphoric acid groups is 2. The molecule has 3 N–H and O–H groups in total. The monoisotopic (exact) mass is 1370 g/mol. The maximum atomic E-state index is 13.1. The standard InChI is InChI=1S/C74H144O17P2/c1-6-9-12-15-18-20-22-24-26-28-30-36-40-45-50-55-60-74(79)91-70(64-85-72(77)58-53-48-43-38-34-32-31-33-37-42-46-51-56-67(4)5)66-89-93(82,83)87-62-68(75)61-86-92(80,81)88-65-69(63-84-71(76)57-52-47-41-17-14-11-8-3)90-73(78)59-54-49-44-39-35-29-27-25-23-21-19-16-13-10-7-2/h67-70,75H,6-66H2,1-5H3,(H,80,81)(H,82,83)/t68-,69+,70+/m0/s1. The van der Waals surface area contributed by atoms with Gasteiger partial charge in [0.1, 0.15) is 19.3 Å². The zero-order chi connectivity index (χ0) is 68.4. The summed E-state index contributed by atoms with van der Waals surface area (Å²) in [5.41, 5.74) is 0. The molecule has 0 rings (SSSR count). The van der Waals surface area contributed by atoms with Gasteiger partial charge in [-0.2, -0.15) is 0 Å². The van der Waals surface area contributed by atoms with E-state index in [0.29, 0.717) is 25.7 Å². The SMILES string of the molecule is CCCCCCCCCCCCCCCCCCC(=O)O[C@H](COC(=O)CCCCCCCCCCCCCCC(C)C)COP(=O)(O)OC[C@@H](O)COP(=O)(O)OC[C@@H](COC(=O)CCCCCCCCC)OC(=O)CCCCCCCCCCCCCCCCC. The lowest BCUT2D eigenvalue weighted by Gasteiger charge is -2.21. The second kappa shape index (κ2) is 67.3. The average Bonchev–Trinajstić information content (AvgIpc) is 3.58. The smallest absolute Gasteiger partial charge is 0.462 e. The molecule has 0 aliphatic heterocycles. The molecule has 0 saturated carbocycles. The van der Waals surface area contributed by atoms with Crippen molar-refractivity contribution in [2.45, 2.75) is 406 Å². The second-order valence-electron chi connectivity index (χ2n) is 27.2. The van der Waals surface area contributed by atoms with E-state index in [1.807, 2.05) is 0 Å². The van der Waals surface area contributed by atoms with Gasteiger partial charge in [0, 0.05) is 25.7 Å². The Morgan fingerprint density at radius 3 is 0.731 bits per heavy atom. The van der Waals surface area contributed by atoms with Crippen molar-refractivity contribution in [2.75, 3.05) is 39.6 Å². The van der Waals surface area contributed by atoms with Crippen LogP contribution in [0.3, 0.4) is 0 Å². The van der Waals surface area contributed by atoms with Gasteiger partial charge in [0.25, 0.3) is 0 Å². The molecule has 552 valence electrons. The van der Waals surface area contributed by atoms with Crippen molar-refractivity contribution in [3.63, 3.8) is 0 Å². The van der Waals surface area contributed by atoms with Crippen molar-refractivity contribution >= 4 is 39.5 Å². The van der Waals surface area contributed by atoms with Crippen LogP contribution in [-0.2, 0) is 65.4 Å². The summed E-state index contributed by atoms with van der Waals surface area (Å²) in [5.74, 6) is -1.34. The molecule has 0 aromatic carbocycles. The Morgan fingerprint density at radius 1 is 0.290 bits per heavy atom. The molecule has 17 nitrogen and oxygen atoms in total. The lowest BCUT2D eigenvalue weighted by Crippen LogP contribution is -2.30. The van der Waals surface area contributed by atoms with Crippen LogP contribution in [-0.4, -0.2) is 96.7 Å². The number of ether oxygens (including phenoxy) is 4. The number of hydrogen-bond acceptors (Lipinski definition) is 15. The lowest BCUT2D eigenvalue weighted by atomic mass is 10.0. The Hall–Kier alpha value is -1.94. The first-order valence-corrected chi connectivity index (χ1v) is 41.6. The van der Waals surface area contributed by atoms with Crippen molar-refractivity contribution < 1.29 is 80.2 Å². The van der Waals surface area contributed by atoms with E-state index >= 15 is 0 Å². The fourth-order valence-corrected chi connectivity index (χ4v) is 12.9. The summed E-state index contributed by atoms with van der Waals surface area (Å²) < 4.78 is 68.4. The third-order valence-electron chi connectivity index (χ3n) is 17.3. The number of aliphatic hydroxyl groups excluding tert-OH is 1. The Labute approximate surface area is 568 Å². The van der Waals surface area contributed by atoms with Gasteiger partial charge in [-0.3, -0.25) is 37.3 Å². The fourth-order valence-electron chi connectivity index (χ4n) is 11.4. The number of hydrogen-bond donors (Lipinski definition) is 3. The highest BCUT2D eigenvalue weighted by Crippen LogP contribution is 2.45. The molecule has 0 saturated heterocycles. The van der Waals surface area contributed by atoms with E-state index < -0.39 is 97.5 Å². The van der Waals surface area contributed by atoms with Gasteiger partial charge < -0.3 is 33.8 Å². The van der Waals surface area contributed by atoms with Crippen LogP contribution in [0.15, 0.2) is 0 Å². The summed E-state index contributed by atoms with van der Waals surface area (Å²) in [6.07, 6.45) is 55.5. The zero-order valence-corrected chi connectivity index (χ0v) is 62.2. The quantitative estimate of drug-likeness (QED) is 0.0222. The molecule has 0 aliphatic rings. The van der Waals surface area contributed by atoms with Crippen LogP contribution in [0.25, 0.3) is 0 Å². The van der Waals surface area contributed by atoms with E-state index in [4.69, 9.17) is 37.0 Å². The van der Waals surface area contributed by atoms with E-state index in [1.54, 1.807) is 0 Å². The van der Waals surface area contributed by atoms with E-state index in [1.165, 1.54) is 199 Å². The summed E-state index contributed by atoms with van der Waals surface area (Å²) in [5, 5.41) is 10.6. The minimum atomic E-state index is -4.95. The Bertz CT molecular complexity index is 1790. The second-order valence-corrected chi connectivity index (χ2v) is 30.1. The molecule has 19 heteroatoms. The molecule has 5 atom stereocenters. The topological polar surface area (TPSA) is 237 Å². The van der Waals surface area contributed by atoms with Gasteiger partial charge >= 0.3 is 39.5 Å². The van der Waals surface area contributed by atoms with Gasteiger partial charge in [-0.25, -0.2) is 9.13 Å². The van der Waals surface area contributed by atoms with E-state index in [0.717, 1.165) is 109 Å². The first kappa shape index (κ1) is 91.1. The van der Waals surface area contributed by atoms with E-state index in [-0.39, 0.29) is 25.7 Å². The van der Waals surface area contributed by atoms with Crippen LogP contribution in [0.1, 0.15) is 388 Å². The minimum absolute atomic E-state index is 0.108. The maximum absolute atomic E-state index is 13.1. The van der Waals surface area contributed by atoms with Crippen molar-refractivity contribution in [1.82, 2.24) is 0 Å². The summed E-state index contributed by atoms with van der Waals surface area (Å²) in [7, 11) is -9.90. The van der Waals surface area contributed by atoms with Crippen molar-refractivity contribution in [3.05, 3.63) is 0 Å². The van der Waals surface area contributed by atoms with Crippen molar-refractivity contribution in [2.24, 2.45) is 5.92 Å². The van der Waals surface area contributed by atoms with Gasteiger partial charge in [0.2, 0.25) is 0 Å². The molecular formula is C74H144O17P2. The molecule has 0 heterocycles. The fraction of sp³-hybridized carbons (Fsp3) is 0.946. The number of carbonyl (C=O) groups excluding carboxylic acids is 4. The largest absolute Gasteiger partial charge is 0.472 e. The summed E-state index contributed by atoms with van der Waals surface area (Å²) in [6, 6.07) is 0. The van der Waals surface area contributed by atoms with Gasteiger partial charge in [0.15, 0.2) is 12.2 Å². The molecule has 0 fully saturated rings. The molecule has 93 heavy (non-hydrogen) atoms. The van der Waals surface area contributed by atoms with Crippen LogP contribution in [0.2, 0.25) is 0 Å². The number of carbonyl (C=O) groups is 4. The molecule has 0 radical (unpaired) electrons. The first-order valence-electron chi connectivity index (χ1n) is 38.6. The molecular weight excluding hydrogens is 1220 g/mol. The lowest BCUT2D eigenvalue weighted by molar-refractivity contribution is -0.161. The van der Waals surface area contributed by atoms with Gasteiger partial charge in [0.05, 0.1) is 26.4 Å². The summed E-state index contributed by atoms with van der Waals surface area (Å²) >= 11 is 0. The summed E-state index contributed by atoms with van der Waals surface area (Å²) in [6.45, 7) is 7.26. The van der Waals surface area contributed by atoms with E-state index in [2.05, 4.69) is 34.6 Å². The molecule has 0 aromatic rings. The van der Waals surface area contributed by atoms with Crippen molar-refractivity contribution in [1.29, 1.82) is 0 Å². The predicted molar refractivity (Wildman–Crippen MR) is 377 cm³/mol. The van der Waals surface area contributed by atoms with Crippen molar-refractivity contribution in [3.8, 4) is 0 Å². The van der Waals surface area contributed by atoms with Crippen LogP contribution in [0.5, 0.6) is 0 Å². The summed E-state index contributed by atoms with van der Waals surface area (Å²) in [4.78, 5) is 72.6. The highest BCUT2D eigenvalue weighted by Gasteiger charge is 2.30. The molecule has 0 bridgehead atoms. The van der Waals surface area contributed by atoms with Gasteiger partial charge in [-0.15, -0.1) is 0 Å². The predicted octanol–water partition coefficient (Wildman–Crippen LogP) is 21.7. The first-order chi connectivity index (χ1) is 45.0. The minimum Gasteiger partial charge on any atom is -0.462 e. The number of unbranched alkanes of at least 4 members (excludes halogenated alkanes) is 46. The Morgan fingerprint density at radius 2 is 0.495 bits per heavy atom. The maximum Gasteiger partial charge on any atom is 0.472 e. The third kappa shape index (κ3) is 68.4. The highest BCUT2D eigenvalue weighted by atomic mass is 31.2. The van der Waals surface area contributed by atoms with Crippen LogP contribution in [0, 0.1) is 5.92 Å². The van der Waals surface area contributed by atoms with Crippen LogP contribution in [0.4, 0.5) is 0 Å². The molecule has 2 unspecified atom stereocenters. The third-order valence-corrected chi connectivity index (χ3v) is 19.2. The van der Waals surface area contributed by atoms with Crippen LogP contribution < -0.4 is 0 Å².